The first kappa shape index (κ1) is 15.2. The molecule has 1 aliphatic rings. The minimum Gasteiger partial charge on any atom is -0.338 e. The molecule has 1 N–H and O–H groups in total. The Hall–Kier alpha value is -1.75. The van der Waals surface area contributed by atoms with Gasteiger partial charge in [0.05, 0.1) is 17.4 Å². The zero-order valence-corrected chi connectivity index (χ0v) is 13.5. The molecule has 2 aromatic rings. The number of fused-ring (bicyclic) bond motifs is 1. The summed E-state index contributed by atoms with van der Waals surface area (Å²) in [5.74, 6) is 0. The number of likely N-dealkylation sites (tertiary alicyclic amines) is 1. The molecule has 0 spiro atoms. The second kappa shape index (κ2) is 6.57. The summed E-state index contributed by atoms with van der Waals surface area (Å²) in [5, 5.41) is 3.65. The van der Waals surface area contributed by atoms with E-state index < -0.39 is 0 Å². The van der Waals surface area contributed by atoms with E-state index in [1.54, 1.807) is 0 Å². The molecule has 1 aromatic carbocycles. The van der Waals surface area contributed by atoms with Gasteiger partial charge in [0.1, 0.15) is 0 Å². The van der Waals surface area contributed by atoms with Crippen LogP contribution in [0, 0.1) is 0 Å². The SMILES string of the molecule is CCCNC(=O)N1CCC(n2cnc3cc(Cl)ccc32)CC1. The number of rotatable bonds is 3. The number of halogens is 1. The van der Waals surface area contributed by atoms with Gasteiger partial charge in [-0.3, -0.25) is 0 Å². The van der Waals surface area contributed by atoms with Crippen molar-refractivity contribution in [2.75, 3.05) is 19.6 Å². The van der Waals surface area contributed by atoms with Gasteiger partial charge >= 0.3 is 6.03 Å². The third-order valence-electron chi connectivity index (χ3n) is 4.21. The molecule has 2 amide bonds. The first-order valence-electron chi connectivity index (χ1n) is 7.84. The second-order valence-electron chi connectivity index (χ2n) is 5.74. The van der Waals surface area contributed by atoms with Crippen molar-refractivity contribution in [3.05, 3.63) is 29.5 Å². The van der Waals surface area contributed by atoms with E-state index in [2.05, 4.69) is 21.8 Å². The fourth-order valence-corrected chi connectivity index (χ4v) is 3.15. The molecule has 3 rings (SSSR count). The van der Waals surface area contributed by atoms with Crippen molar-refractivity contribution in [1.82, 2.24) is 19.8 Å². The minimum atomic E-state index is 0.0579. The lowest BCUT2D eigenvalue weighted by atomic mass is 10.0. The number of nitrogens with one attached hydrogen (secondary N) is 1. The van der Waals surface area contributed by atoms with E-state index in [1.807, 2.05) is 29.4 Å². The van der Waals surface area contributed by atoms with Gasteiger partial charge in [-0.25, -0.2) is 9.78 Å². The zero-order chi connectivity index (χ0) is 15.5. The summed E-state index contributed by atoms with van der Waals surface area (Å²) in [7, 11) is 0. The lowest BCUT2D eigenvalue weighted by Crippen LogP contribution is -2.44. The highest BCUT2D eigenvalue weighted by Crippen LogP contribution is 2.27. The van der Waals surface area contributed by atoms with Crippen molar-refractivity contribution in [2.24, 2.45) is 0 Å². The Bertz CT molecular complexity index is 661. The molecule has 2 heterocycles. The van der Waals surface area contributed by atoms with E-state index in [0.717, 1.165) is 49.9 Å². The number of hydrogen-bond acceptors (Lipinski definition) is 2. The Morgan fingerprint density at radius 2 is 2.18 bits per heavy atom. The van der Waals surface area contributed by atoms with Crippen molar-refractivity contribution >= 4 is 28.7 Å². The highest BCUT2D eigenvalue weighted by Gasteiger charge is 2.24. The summed E-state index contributed by atoms with van der Waals surface area (Å²) in [5.41, 5.74) is 2.04. The van der Waals surface area contributed by atoms with Crippen LogP contribution in [0.2, 0.25) is 5.02 Å². The molecule has 1 aromatic heterocycles. The van der Waals surface area contributed by atoms with Gasteiger partial charge in [0.15, 0.2) is 0 Å². The third kappa shape index (κ3) is 3.04. The van der Waals surface area contributed by atoms with Crippen LogP contribution in [0.15, 0.2) is 24.5 Å². The number of aromatic nitrogens is 2. The number of amides is 2. The van der Waals surface area contributed by atoms with Crippen LogP contribution in [0.4, 0.5) is 4.79 Å². The van der Waals surface area contributed by atoms with Gasteiger partial charge in [0.2, 0.25) is 0 Å². The van der Waals surface area contributed by atoms with Gasteiger partial charge in [0.25, 0.3) is 0 Å². The molecular formula is C16H21ClN4O. The Kier molecular flexibility index (Phi) is 4.52. The molecular weight excluding hydrogens is 300 g/mol. The van der Waals surface area contributed by atoms with Crippen molar-refractivity contribution in [2.45, 2.75) is 32.2 Å². The summed E-state index contributed by atoms with van der Waals surface area (Å²) >= 11 is 6.01. The Morgan fingerprint density at radius 3 is 2.91 bits per heavy atom. The van der Waals surface area contributed by atoms with Gasteiger partial charge in [-0.05, 0) is 37.5 Å². The average molecular weight is 321 g/mol. The fourth-order valence-electron chi connectivity index (χ4n) is 2.99. The molecule has 1 aliphatic heterocycles. The Balaban J connectivity index is 1.66. The molecule has 6 heteroatoms. The van der Waals surface area contributed by atoms with Gasteiger partial charge < -0.3 is 14.8 Å². The van der Waals surface area contributed by atoms with Crippen molar-refractivity contribution in [3.8, 4) is 0 Å². The molecule has 0 unspecified atom stereocenters. The number of nitrogens with zero attached hydrogens (tertiary/aromatic N) is 3. The first-order chi connectivity index (χ1) is 10.7. The maximum absolute atomic E-state index is 12.0. The summed E-state index contributed by atoms with van der Waals surface area (Å²) < 4.78 is 2.22. The summed E-state index contributed by atoms with van der Waals surface area (Å²) in [6.45, 7) is 4.37. The normalized spacial score (nSPS) is 16.2. The van der Waals surface area contributed by atoms with Crippen LogP contribution >= 0.6 is 11.6 Å². The van der Waals surface area contributed by atoms with Crippen LogP contribution in [-0.4, -0.2) is 40.1 Å². The largest absolute Gasteiger partial charge is 0.338 e. The number of hydrogen-bond donors (Lipinski definition) is 1. The molecule has 1 fully saturated rings. The Morgan fingerprint density at radius 1 is 1.41 bits per heavy atom. The Labute approximate surface area is 135 Å². The first-order valence-corrected chi connectivity index (χ1v) is 8.21. The molecule has 0 saturated carbocycles. The summed E-state index contributed by atoms with van der Waals surface area (Å²) in [4.78, 5) is 18.3. The van der Waals surface area contributed by atoms with Crippen molar-refractivity contribution in [3.63, 3.8) is 0 Å². The molecule has 5 nitrogen and oxygen atoms in total. The smallest absolute Gasteiger partial charge is 0.317 e. The van der Waals surface area contributed by atoms with E-state index in [1.165, 1.54) is 0 Å². The predicted octanol–water partition coefficient (Wildman–Crippen LogP) is 3.45. The summed E-state index contributed by atoms with van der Waals surface area (Å²) in [6.07, 6.45) is 4.76. The maximum Gasteiger partial charge on any atom is 0.317 e. The van der Waals surface area contributed by atoms with Gasteiger partial charge in [0, 0.05) is 30.7 Å². The van der Waals surface area contributed by atoms with Crippen LogP contribution < -0.4 is 5.32 Å². The molecule has 1 saturated heterocycles. The molecule has 0 bridgehead atoms. The van der Waals surface area contributed by atoms with E-state index in [-0.39, 0.29) is 6.03 Å². The molecule has 22 heavy (non-hydrogen) atoms. The van der Waals surface area contributed by atoms with Crippen LogP contribution in [0.5, 0.6) is 0 Å². The lowest BCUT2D eigenvalue weighted by Gasteiger charge is -2.32. The fraction of sp³-hybridized carbons (Fsp3) is 0.500. The molecule has 0 atom stereocenters. The molecule has 0 aliphatic carbocycles. The lowest BCUT2D eigenvalue weighted by molar-refractivity contribution is 0.172. The van der Waals surface area contributed by atoms with E-state index in [4.69, 9.17) is 11.6 Å². The highest BCUT2D eigenvalue weighted by molar-refractivity contribution is 6.31. The number of carbonyl (C=O) groups excluding carboxylic acids is 1. The molecule has 0 radical (unpaired) electrons. The number of piperidine rings is 1. The van der Waals surface area contributed by atoms with Crippen LogP contribution in [-0.2, 0) is 0 Å². The van der Waals surface area contributed by atoms with Crippen LogP contribution in [0.1, 0.15) is 32.2 Å². The average Bonchev–Trinajstić information content (AvgIpc) is 2.95. The number of urea groups is 1. The highest BCUT2D eigenvalue weighted by atomic mass is 35.5. The maximum atomic E-state index is 12.0. The predicted molar refractivity (Wildman–Crippen MR) is 88.3 cm³/mol. The number of carbonyl (C=O) groups is 1. The van der Waals surface area contributed by atoms with Gasteiger partial charge in [-0.1, -0.05) is 18.5 Å². The van der Waals surface area contributed by atoms with Gasteiger partial charge in [-0.2, -0.15) is 0 Å². The monoisotopic (exact) mass is 320 g/mol. The van der Waals surface area contributed by atoms with E-state index >= 15 is 0 Å². The molecule has 118 valence electrons. The van der Waals surface area contributed by atoms with Crippen LogP contribution in [0.25, 0.3) is 11.0 Å². The zero-order valence-electron chi connectivity index (χ0n) is 12.8. The van der Waals surface area contributed by atoms with Crippen molar-refractivity contribution < 1.29 is 4.79 Å². The summed E-state index contributed by atoms with van der Waals surface area (Å²) in [6, 6.07) is 6.25. The van der Waals surface area contributed by atoms with E-state index in [0.29, 0.717) is 11.1 Å². The quantitative estimate of drug-likeness (QED) is 0.941. The topological polar surface area (TPSA) is 50.2 Å². The third-order valence-corrected chi connectivity index (χ3v) is 4.44. The van der Waals surface area contributed by atoms with E-state index in [9.17, 15) is 4.79 Å². The van der Waals surface area contributed by atoms with Gasteiger partial charge in [-0.15, -0.1) is 0 Å². The second-order valence-corrected chi connectivity index (χ2v) is 6.17. The van der Waals surface area contributed by atoms with Crippen LogP contribution in [0.3, 0.4) is 0 Å². The standard InChI is InChI=1S/C16H21ClN4O/c1-2-7-18-16(22)20-8-5-13(6-9-20)21-11-19-14-10-12(17)3-4-15(14)21/h3-4,10-11,13H,2,5-9H2,1H3,(H,18,22). The minimum absolute atomic E-state index is 0.0579. The number of imidazole rings is 1. The number of benzene rings is 1. The van der Waals surface area contributed by atoms with Crippen molar-refractivity contribution in [1.29, 1.82) is 0 Å².